The minimum Gasteiger partial charge on any atom is -0.482 e. The van der Waals surface area contributed by atoms with Crippen molar-refractivity contribution in [2.75, 3.05) is 27.2 Å². The number of aryl methyl sites for hydroxylation is 1. The first-order valence-electron chi connectivity index (χ1n) is 14.8. The van der Waals surface area contributed by atoms with E-state index < -0.39 is 29.0 Å². The Hall–Kier alpha value is -2.18. The summed E-state index contributed by atoms with van der Waals surface area (Å²) in [7, 11) is 4.15. The van der Waals surface area contributed by atoms with Gasteiger partial charge in [0.1, 0.15) is 17.6 Å². The quantitative estimate of drug-likeness (QED) is 0.332. The molecule has 6 heteroatoms. The molecule has 3 aliphatic rings. The van der Waals surface area contributed by atoms with Gasteiger partial charge >= 0.3 is 5.97 Å². The maximum atomic E-state index is 13.5. The van der Waals surface area contributed by atoms with Crippen LogP contribution in [0.15, 0.2) is 36.9 Å². The van der Waals surface area contributed by atoms with Crippen LogP contribution in [0.2, 0.25) is 0 Å². The zero-order valence-corrected chi connectivity index (χ0v) is 24.9. The van der Waals surface area contributed by atoms with E-state index in [2.05, 4.69) is 46.3 Å². The molecule has 0 radical (unpaired) electrons. The van der Waals surface area contributed by atoms with Gasteiger partial charge in [-0.3, -0.25) is 4.79 Å². The zero-order chi connectivity index (χ0) is 28.6. The van der Waals surface area contributed by atoms with Crippen LogP contribution in [0.25, 0.3) is 0 Å². The van der Waals surface area contributed by atoms with Crippen LogP contribution >= 0.6 is 0 Å². The van der Waals surface area contributed by atoms with Crippen LogP contribution in [0.3, 0.4) is 0 Å². The largest absolute Gasteiger partial charge is 0.482 e. The molecule has 1 N–H and O–H groups in total. The maximum Gasteiger partial charge on any atom is 0.344 e. The molecule has 1 aromatic rings. The van der Waals surface area contributed by atoms with Gasteiger partial charge < -0.3 is 19.5 Å². The Morgan fingerprint density at radius 1 is 1.18 bits per heavy atom. The van der Waals surface area contributed by atoms with Crippen molar-refractivity contribution in [2.24, 2.45) is 34.0 Å². The number of ether oxygens (including phenoxy) is 2. The number of aliphatic hydroxyl groups excluding tert-OH is 1. The molecule has 4 rings (SSSR count). The number of hydrogen-bond acceptors (Lipinski definition) is 6. The third-order valence-electron chi connectivity index (χ3n) is 10.9. The molecule has 8 atom stereocenters. The second-order valence-corrected chi connectivity index (χ2v) is 13.4. The second kappa shape index (κ2) is 11.4. The zero-order valence-electron chi connectivity index (χ0n) is 24.9. The van der Waals surface area contributed by atoms with Crippen LogP contribution in [-0.4, -0.2) is 61.2 Å². The summed E-state index contributed by atoms with van der Waals surface area (Å²) in [6, 6.07) is 7.88. The van der Waals surface area contributed by atoms with Crippen LogP contribution in [0.1, 0.15) is 71.8 Å². The number of nitrogens with zero attached hydrogens (tertiary/aromatic N) is 1. The number of rotatable bonds is 9. The van der Waals surface area contributed by atoms with Gasteiger partial charge in [-0.2, -0.15) is 0 Å². The average Bonchev–Trinajstić information content (AvgIpc) is 3.26. The van der Waals surface area contributed by atoms with E-state index in [1.807, 2.05) is 37.3 Å². The molecule has 0 amide bonds. The number of benzene rings is 1. The van der Waals surface area contributed by atoms with Gasteiger partial charge in [-0.1, -0.05) is 45.9 Å². The van der Waals surface area contributed by atoms with Crippen molar-refractivity contribution >= 4 is 11.8 Å². The summed E-state index contributed by atoms with van der Waals surface area (Å²) >= 11 is 0. The van der Waals surface area contributed by atoms with Crippen LogP contribution in [0.5, 0.6) is 5.75 Å². The molecule has 2 bridgehead atoms. The first-order valence-corrected chi connectivity index (χ1v) is 14.8. The lowest BCUT2D eigenvalue weighted by molar-refractivity contribution is -0.207. The topological polar surface area (TPSA) is 76.1 Å². The first kappa shape index (κ1) is 29.8. The third-order valence-corrected chi connectivity index (χ3v) is 10.9. The Balaban J connectivity index is 1.52. The number of ketones is 1. The van der Waals surface area contributed by atoms with Crippen molar-refractivity contribution < 1.29 is 24.2 Å². The summed E-state index contributed by atoms with van der Waals surface area (Å²) < 4.78 is 12.1. The number of carbonyl (C=O) groups is 2. The van der Waals surface area contributed by atoms with E-state index in [1.165, 1.54) is 5.56 Å². The van der Waals surface area contributed by atoms with Crippen molar-refractivity contribution in [1.29, 1.82) is 0 Å². The van der Waals surface area contributed by atoms with Crippen molar-refractivity contribution in [3.05, 3.63) is 42.5 Å². The Morgan fingerprint density at radius 3 is 2.51 bits per heavy atom. The molecular formula is C33H49NO5. The van der Waals surface area contributed by atoms with Crippen molar-refractivity contribution in [3.63, 3.8) is 0 Å². The number of carbonyl (C=O) groups excluding carboxylic acids is 2. The monoisotopic (exact) mass is 539 g/mol. The van der Waals surface area contributed by atoms with Gasteiger partial charge in [0.05, 0.1) is 6.10 Å². The van der Waals surface area contributed by atoms with Crippen LogP contribution < -0.4 is 4.74 Å². The number of Topliss-reactive ketones (excluding diaryl/α,β-unsaturated/α-hetero) is 1. The molecule has 0 aliphatic heterocycles. The second-order valence-electron chi connectivity index (χ2n) is 13.4. The molecular weight excluding hydrogens is 490 g/mol. The molecule has 216 valence electrons. The summed E-state index contributed by atoms with van der Waals surface area (Å²) in [6.45, 7) is 13.4. The van der Waals surface area contributed by atoms with Gasteiger partial charge in [0, 0.05) is 23.2 Å². The fourth-order valence-electron chi connectivity index (χ4n) is 8.19. The summed E-state index contributed by atoms with van der Waals surface area (Å²) in [5.41, 5.74) is -0.205. The fourth-order valence-corrected chi connectivity index (χ4v) is 8.19. The Bertz CT molecular complexity index is 1050. The van der Waals surface area contributed by atoms with Gasteiger partial charge in [0.2, 0.25) is 0 Å². The van der Waals surface area contributed by atoms with Crippen LogP contribution in [0, 0.1) is 34.0 Å². The summed E-state index contributed by atoms with van der Waals surface area (Å²) in [4.78, 5) is 28.9. The lowest BCUT2D eigenvalue weighted by atomic mass is 9.44. The highest BCUT2D eigenvalue weighted by Gasteiger charge is 2.68. The number of hydrogen-bond donors (Lipinski definition) is 1. The van der Waals surface area contributed by atoms with Crippen molar-refractivity contribution in [2.45, 2.75) is 84.8 Å². The van der Waals surface area contributed by atoms with Gasteiger partial charge in [-0.15, -0.1) is 6.58 Å². The minimum atomic E-state index is -0.671. The van der Waals surface area contributed by atoms with Gasteiger partial charge in [0.25, 0.3) is 0 Å². The van der Waals surface area contributed by atoms with E-state index >= 15 is 0 Å². The maximum absolute atomic E-state index is 13.5. The van der Waals surface area contributed by atoms with Crippen molar-refractivity contribution in [3.8, 4) is 5.75 Å². The Labute approximate surface area is 235 Å². The fraction of sp³-hybridized carbons (Fsp3) is 0.697. The van der Waals surface area contributed by atoms with Crippen LogP contribution in [-0.2, 0) is 20.7 Å². The normalized spacial score (nSPS) is 38.1. The highest BCUT2D eigenvalue weighted by atomic mass is 16.6. The molecule has 3 fully saturated rings. The van der Waals surface area contributed by atoms with E-state index in [-0.39, 0.29) is 35.6 Å². The lowest BCUT2D eigenvalue weighted by Crippen LogP contribution is -2.63. The molecule has 3 unspecified atom stereocenters. The van der Waals surface area contributed by atoms with E-state index in [9.17, 15) is 14.7 Å². The van der Waals surface area contributed by atoms with Gasteiger partial charge in [-0.25, -0.2) is 4.79 Å². The van der Waals surface area contributed by atoms with E-state index in [0.29, 0.717) is 18.6 Å². The Morgan fingerprint density at radius 2 is 1.87 bits per heavy atom. The first-order chi connectivity index (χ1) is 18.4. The highest BCUT2D eigenvalue weighted by Crippen LogP contribution is 2.68. The van der Waals surface area contributed by atoms with E-state index in [4.69, 9.17) is 9.47 Å². The molecule has 6 nitrogen and oxygen atoms in total. The molecule has 0 aromatic heterocycles. The molecule has 3 aliphatic carbocycles. The molecule has 3 saturated carbocycles. The predicted octanol–water partition coefficient (Wildman–Crippen LogP) is 5.47. The summed E-state index contributed by atoms with van der Waals surface area (Å²) in [5.74, 6) is 0.366. The molecule has 0 heterocycles. The highest BCUT2D eigenvalue weighted by molar-refractivity contribution is 5.85. The Kier molecular flexibility index (Phi) is 8.68. The molecule has 1 aromatic carbocycles. The molecule has 39 heavy (non-hydrogen) atoms. The standard InChI is InChI=1S/C33H49NO5/c1-8-31(4)20-27(39-28(36)21-38-25-13-11-24(12-14-25)10-9-19-34(6)7)32(5)22(2)15-17-33(23(3)30(31)37)18-16-26(35)29(32)33/h8,11-14,22-23,27,29-30,37H,1,9-10,15-21H2,2-7H3/t22?,23-,27+,29?,30-,31+,32-,33?/m0/s1. The number of aliphatic hydroxyl groups is 1. The molecule has 0 spiro atoms. The number of esters is 1. The van der Waals surface area contributed by atoms with E-state index in [0.717, 1.165) is 38.6 Å². The predicted molar refractivity (Wildman–Crippen MR) is 153 cm³/mol. The molecule has 0 saturated heterocycles. The summed E-state index contributed by atoms with van der Waals surface area (Å²) in [5, 5.41) is 11.6. The van der Waals surface area contributed by atoms with Crippen LogP contribution in [0.4, 0.5) is 0 Å². The van der Waals surface area contributed by atoms with E-state index in [1.54, 1.807) is 0 Å². The van der Waals surface area contributed by atoms with Gasteiger partial charge in [-0.05, 0) is 94.1 Å². The van der Waals surface area contributed by atoms with Crippen molar-refractivity contribution in [1.82, 2.24) is 4.90 Å². The lowest BCUT2D eigenvalue weighted by Gasteiger charge is -2.61. The smallest absolute Gasteiger partial charge is 0.344 e. The van der Waals surface area contributed by atoms with Gasteiger partial charge in [0.15, 0.2) is 6.61 Å². The third kappa shape index (κ3) is 5.44. The summed E-state index contributed by atoms with van der Waals surface area (Å²) in [6.07, 6.45) is 6.32. The average molecular weight is 540 g/mol. The minimum absolute atomic E-state index is 0.0467. The SMILES string of the molecule is C=C[C@]1(C)C[C@@H](OC(=O)COc2ccc(CCCN(C)C)cc2)[C@]2(C)C(C)CCC3(CCC(=O)C32)[C@@H](C)[C@@H]1O.